The van der Waals surface area contributed by atoms with Crippen LogP contribution in [0.1, 0.15) is 22.7 Å². The molecule has 0 saturated heterocycles. The average Bonchev–Trinajstić information content (AvgIpc) is 3.40. The van der Waals surface area contributed by atoms with E-state index < -0.39 is 11.5 Å². The molecule has 11 heteroatoms. The lowest BCUT2D eigenvalue weighted by Gasteiger charge is -2.25. The number of imidazole rings is 1. The molecule has 0 bridgehead atoms. The predicted octanol–water partition coefficient (Wildman–Crippen LogP) is 2.33. The molecule has 1 aromatic carbocycles. The number of nitrogens with zero attached hydrogens (tertiary/aromatic N) is 5. The van der Waals surface area contributed by atoms with Crippen molar-refractivity contribution in [3.05, 3.63) is 92.5 Å². The summed E-state index contributed by atoms with van der Waals surface area (Å²) in [4.78, 5) is 22.5. The second-order valence-corrected chi connectivity index (χ2v) is 7.52. The van der Waals surface area contributed by atoms with Crippen LogP contribution in [0.15, 0.2) is 65.3 Å². The molecule has 0 spiro atoms. The Labute approximate surface area is 186 Å². The third-order valence-electron chi connectivity index (χ3n) is 5.24. The zero-order valence-electron chi connectivity index (χ0n) is 16.7. The number of benzene rings is 1. The predicted molar refractivity (Wildman–Crippen MR) is 117 cm³/mol. The van der Waals surface area contributed by atoms with Crippen molar-refractivity contribution >= 4 is 12.2 Å². The Kier molecular flexibility index (Phi) is 4.49. The number of nitriles is 1. The molecule has 1 atom stereocenters. The molecule has 1 unspecified atom stereocenters. The lowest BCUT2D eigenvalue weighted by molar-refractivity contribution is 0.374. The highest BCUT2D eigenvalue weighted by Crippen LogP contribution is 2.42. The van der Waals surface area contributed by atoms with Gasteiger partial charge < -0.3 is 15.5 Å². The van der Waals surface area contributed by atoms with Crippen molar-refractivity contribution in [3.8, 4) is 23.5 Å². The van der Waals surface area contributed by atoms with Gasteiger partial charge in [0.25, 0.3) is 5.56 Å². The number of fused-ring (bicyclic) bond motifs is 1. The first kappa shape index (κ1) is 19.5. The molecule has 3 aromatic heterocycles. The molecule has 0 radical (unpaired) electrons. The van der Waals surface area contributed by atoms with E-state index in [1.165, 1.54) is 0 Å². The van der Waals surface area contributed by atoms with Gasteiger partial charge in [0, 0.05) is 18.0 Å². The number of rotatable bonds is 3. The molecular weight excluding hydrogens is 428 g/mol. The van der Waals surface area contributed by atoms with Gasteiger partial charge in [0.1, 0.15) is 23.8 Å². The number of H-pyrrole nitrogens is 2. The maximum Gasteiger partial charge on any atom is 0.259 e. The molecule has 5 rings (SSSR count). The first-order valence-electron chi connectivity index (χ1n) is 9.57. The van der Waals surface area contributed by atoms with Crippen LogP contribution in [-0.2, 0) is 0 Å². The van der Waals surface area contributed by atoms with Gasteiger partial charge in [-0.2, -0.15) is 10.4 Å². The minimum absolute atomic E-state index is 0.0900. The summed E-state index contributed by atoms with van der Waals surface area (Å²) in [5.41, 5.74) is 7.94. The van der Waals surface area contributed by atoms with Crippen LogP contribution >= 0.6 is 12.2 Å². The summed E-state index contributed by atoms with van der Waals surface area (Å²) in [6, 6.07) is 11.6. The van der Waals surface area contributed by atoms with E-state index in [0.29, 0.717) is 17.1 Å². The van der Waals surface area contributed by atoms with Crippen LogP contribution in [0.2, 0.25) is 0 Å². The van der Waals surface area contributed by atoms with Crippen molar-refractivity contribution in [2.24, 2.45) is 5.73 Å². The first-order valence-corrected chi connectivity index (χ1v) is 9.97. The topological polar surface area (TPSA) is 143 Å². The standard InChI is InChI=1S/C21H16N8O2S/c1-11-14(15-13(9-22)17(23)31-19-16(15)18(30)25-21(32)26-19)20(28-8-7-24-10-28)29(27-11)12-5-3-2-4-6-12/h2-8,10,15H,23H2,1H3,(H2,25,26,30,32). The molecule has 32 heavy (non-hydrogen) atoms. The molecule has 4 aromatic rings. The minimum atomic E-state index is -0.839. The van der Waals surface area contributed by atoms with Crippen molar-refractivity contribution < 1.29 is 4.74 Å². The van der Waals surface area contributed by atoms with Gasteiger partial charge >= 0.3 is 0 Å². The summed E-state index contributed by atoms with van der Waals surface area (Å²) >= 11 is 5.08. The van der Waals surface area contributed by atoms with Gasteiger partial charge in [-0.1, -0.05) is 18.2 Å². The summed E-state index contributed by atoms with van der Waals surface area (Å²) in [6.45, 7) is 1.81. The van der Waals surface area contributed by atoms with Crippen molar-refractivity contribution in [2.75, 3.05) is 0 Å². The molecule has 0 amide bonds. The molecule has 0 saturated carbocycles. The van der Waals surface area contributed by atoms with Gasteiger partial charge in [0.15, 0.2) is 4.77 Å². The van der Waals surface area contributed by atoms with Gasteiger partial charge in [0.2, 0.25) is 11.8 Å². The monoisotopic (exact) mass is 444 g/mol. The molecule has 1 aliphatic heterocycles. The summed E-state index contributed by atoms with van der Waals surface area (Å²) < 4.78 is 9.17. The van der Waals surface area contributed by atoms with E-state index in [0.717, 1.165) is 5.69 Å². The van der Waals surface area contributed by atoms with Crippen molar-refractivity contribution in [2.45, 2.75) is 12.8 Å². The summed E-state index contributed by atoms with van der Waals surface area (Å²) in [5, 5.41) is 14.7. The fraction of sp³-hybridized carbons (Fsp3) is 0.0952. The normalized spacial score (nSPS) is 15.2. The highest BCUT2D eigenvalue weighted by Gasteiger charge is 2.38. The minimum Gasteiger partial charge on any atom is -0.424 e. The van der Waals surface area contributed by atoms with Gasteiger partial charge in [-0.3, -0.25) is 14.3 Å². The maximum atomic E-state index is 13.0. The summed E-state index contributed by atoms with van der Waals surface area (Å²) in [6.07, 6.45) is 5.03. The number of hydrogen-bond acceptors (Lipinski definition) is 7. The number of aromatic amines is 2. The molecule has 158 valence electrons. The summed E-state index contributed by atoms with van der Waals surface area (Å²) in [5.74, 6) is -0.228. The van der Waals surface area contributed by atoms with Crippen molar-refractivity contribution in [3.63, 3.8) is 0 Å². The third kappa shape index (κ3) is 2.93. The Hall–Kier alpha value is -4.43. The number of nitrogens with two attached hydrogens (primary N) is 1. The fourth-order valence-electron chi connectivity index (χ4n) is 3.92. The van der Waals surface area contributed by atoms with Gasteiger partial charge in [0.05, 0.1) is 22.9 Å². The smallest absolute Gasteiger partial charge is 0.259 e. The van der Waals surface area contributed by atoms with E-state index in [9.17, 15) is 10.1 Å². The van der Waals surface area contributed by atoms with Crippen LogP contribution < -0.4 is 16.0 Å². The second kappa shape index (κ2) is 7.36. The number of aryl methyl sites for hydroxylation is 1. The number of para-hydroxylation sites is 1. The Morgan fingerprint density at radius 1 is 1.25 bits per heavy atom. The molecule has 4 heterocycles. The SMILES string of the molecule is Cc1nn(-c2ccccc2)c(-n2ccnc2)c1C1C(C#N)=C(N)Oc2[nH]c(=S)[nH]c(=O)c21. The van der Waals surface area contributed by atoms with Crippen molar-refractivity contribution in [1.29, 1.82) is 5.26 Å². The average molecular weight is 444 g/mol. The molecule has 1 aliphatic rings. The van der Waals surface area contributed by atoms with E-state index in [-0.39, 0.29) is 27.7 Å². The number of ether oxygens (including phenoxy) is 1. The Balaban J connectivity index is 1.89. The molecule has 4 N–H and O–H groups in total. The quantitative estimate of drug-likeness (QED) is 0.411. The van der Waals surface area contributed by atoms with Crippen LogP contribution in [0.4, 0.5) is 0 Å². The van der Waals surface area contributed by atoms with Crippen LogP contribution in [-0.4, -0.2) is 29.3 Å². The van der Waals surface area contributed by atoms with Crippen LogP contribution in [0.3, 0.4) is 0 Å². The Morgan fingerprint density at radius 2 is 2.03 bits per heavy atom. The zero-order valence-corrected chi connectivity index (χ0v) is 17.6. The number of aromatic nitrogens is 6. The van der Waals surface area contributed by atoms with E-state index in [4.69, 9.17) is 27.8 Å². The second-order valence-electron chi connectivity index (χ2n) is 7.12. The Morgan fingerprint density at radius 3 is 2.72 bits per heavy atom. The highest BCUT2D eigenvalue weighted by molar-refractivity contribution is 7.71. The lowest BCUT2D eigenvalue weighted by Crippen LogP contribution is -2.29. The summed E-state index contributed by atoms with van der Waals surface area (Å²) in [7, 11) is 0. The fourth-order valence-corrected chi connectivity index (χ4v) is 4.11. The number of hydrogen-bond donors (Lipinski definition) is 3. The molecule has 10 nitrogen and oxygen atoms in total. The van der Waals surface area contributed by atoms with Gasteiger partial charge in [-0.05, 0) is 31.3 Å². The number of allylic oxidation sites excluding steroid dienone is 1. The largest absolute Gasteiger partial charge is 0.424 e. The molecule has 0 aliphatic carbocycles. The van der Waals surface area contributed by atoms with E-state index >= 15 is 0 Å². The zero-order chi connectivity index (χ0) is 22.4. The van der Waals surface area contributed by atoms with Crippen LogP contribution in [0, 0.1) is 23.0 Å². The van der Waals surface area contributed by atoms with Crippen LogP contribution in [0.5, 0.6) is 5.88 Å². The Bertz CT molecular complexity index is 1520. The van der Waals surface area contributed by atoms with Gasteiger partial charge in [-0.25, -0.2) is 9.67 Å². The molecular formula is C21H16N8O2S. The number of nitrogens with one attached hydrogen (secondary N) is 2. The van der Waals surface area contributed by atoms with Crippen LogP contribution in [0.25, 0.3) is 11.5 Å². The van der Waals surface area contributed by atoms with E-state index in [1.807, 2.05) is 37.3 Å². The van der Waals surface area contributed by atoms with Crippen molar-refractivity contribution in [1.82, 2.24) is 29.3 Å². The lowest BCUT2D eigenvalue weighted by atomic mass is 9.84. The third-order valence-corrected chi connectivity index (χ3v) is 5.44. The van der Waals surface area contributed by atoms with E-state index in [2.05, 4.69) is 21.0 Å². The first-order chi connectivity index (χ1) is 15.5. The van der Waals surface area contributed by atoms with E-state index in [1.54, 1.807) is 28.0 Å². The molecule has 0 fully saturated rings. The highest BCUT2D eigenvalue weighted by atomic mass is 32.1. The van der Waals surface area contributed by atoms with Gasteiger partial charge in [-0.15, -0.1) is 0 Å². The maximum absolute atomic E-state index is 13.0.